The van der Waals surface area contributed by atoms with Gasteiger partial charge in [0, 0.05) is 37.2 Å². The van der Waals surface area contributed by atoms with Gasteiger partial charge in [-0.15, -0.1) is 0 Å². The molecule has 3 nitrogen and oxygen atoms in total. The predicted octanol–water partition coefficient (Wildman–Crippen LogP) is 3.21. The normalized spacial score (nSPS) is 19.3. The molecule has 4 heteroatoms. The number of ether oxygens (including phenoxy) is 1. The van der Waals surface area contributed by atoms with Crippen molar-refractivity contribution in [1.29, 1.82) is 0 Å². The van der Waals surface area contributed by atoms with Crippen LogP contribution in [0.25, 0.3) is 0 Å². The van der Waals surface area contributed by atoms with E-state index in [0.717, 1.165) is 50.2 Å². The molecule has 1 aliphatic rings. The fraction of sp³-hybridized carbons (Fsp3) is 0.714. The van der Waals surface area contributed by atoms with Gasteiger partial charge in [0.15, 0.2) is 0 Å². The second kappa shape index (κ2) is 6.22. The smallest absolute Gasteiger partial charge is 0.105 e. The van der Waals surface area contributed by atoms with Gasteiger partial charge < -0.3 is 14.1 Å². The molecule has 102 valence electrons. The van der Waals surface area contributed by atoms with Crippen molar-refractivity contribution in [2.45, 2.75) is 26.3 Å². The molecule has 0 amide bonds. The summed E-state index contributed by atoms with van der Waals surface area (Å²) in [6.07, 6.45) is 4.06. The van der Waals surface area contributed by atoms with Crippen LogP contribution in [0.3, 0.4) is 0 Å². The Balaban J connectivity index is 1.93. The summed E-state index contributed by atoms with van der Waals surface area (Å²) in [5, 5.41) is 1.05. The topological polar surface area (TPSA) is 25.6 Å². The molecular formula is C14H22BrNO2. The van der Waals surface area contributed by atoms with Crippen molar-refractivity contribution in [3.63, 3.8) is 0 Å². The van der Waals surface area contributed by atoms with E-state index in [4.69, 9.17) is 9.15 Å². The summed E-state index contributed by atoms with van der Waals surface area (Å²) in [6.45, 7) is 5.87. The number of nitrogens with zero attached hydrogens (tertiary/aromatic N) is 1. The zero-order valence-corrected chi connectivity index (χ0v) is 12.8. The molecule has 2 heterocycles. The fourth-order valence-corrected chi connectivity index (χ4v) is 3.37. The Morgan fingerprint density at radius 1 is 1.39 bits per heavy atom. The van der Waals surface area contributed by atoms with Crippen LogP contribution in [0.5, 0.6) is 0 Å². The van der Waals surface area contributed by atoms with Gasteiger partial charge >= 0.3 is 0 Å². The van der Waals surface area contributed by atoms with Gasteiger partial charge in [-0.1, -0.05) is 15.9 Å². The van der Waals surface area contributed by atoms with Gasteiger partial charge in [0.25, 0.3) is 0 Å². The third-order valence-corrected chi connectivity index (χ3v) is 5.04. The molecule has 0 spiro atoms. The Labute approximate surface area is 118 Å². The lowest BCUT2D eigenvalue weighted by atomic mass is 9.82. The quantitative estimate of drug-likeness (QED) is 0.780. The average Bonchev–Trinajstić information content (AvgIpc) is 2.76. The van der Waals surface area contributed by atoms with Crippen molar-refractivity contribution in [3.8, 4) is 0 Å². The van der Waals surface area contributed by atoms with Crippen LogP contribution in [0, 0.1) is 12.3 Å². The largest absolute Gasteiger partial charge is 0.469 e. The highest BCUT2D eigenvalue weighted by atomic mass is 79.9. The summed E-state index contributed by atoms with van der Waals surface area (Å²) in [5.74, 6) is 1.03. The number of aryl methyl sites for hydroxylation is 1. The summed E-state index contributed by atoms with van der Waals surface area (Å²) in [7, 11) is 2.19. The van der Waals surface area contributed by atoms with E-state index in [1.165, 1.54) is 5.56 Å². The highest BCUT2D eigenvalue weighted by Gasteiger charge is 2.32. The first-order valence-electron chi connectivity index (χ1n) is 6.50. The summed E-state index contributed by atoms with van der Waals surface area (Å²) in [6, 6.07) is 2.07. The van der Waals surface area contributed by atoms with E-state index < -0.39 is 0 Å². The monoisotopic (exact) mass is 315 g/mol. The molecule has 0 bridgehead atoms. The van der Waals surface area contributed by atoms with Gasteiger partial charge in [-0.2, -0.15) is 0 Å². The van der Waals surface area contributed by atoms with Gasteiger partial charge in [0.1, 0.15) is 5.76 Å². The standard InChI is InChI=1S/C14H22BrNO2/c1-12-13(3-6-18-12)9-16(2)11-14(10-15)4-7-17-8-5-14/h3,6H,4-5,7-11H2,1-2H3. The summed E-state index contributed by atoms with van der Waals surface area (Å²) >= 11 is 3.69. The Bertz CT molecular complexity index is 372. The third kappa shape index (κ3) is 3.37. The Hall–Kier alpha value is -0.320. The molecule has 0 atom stereocenters. The van der Waals surface area contributed by atoms with Crippen LogP contribution in [0.2, 0.25) is 0 Å². The van der Waals surface area contributed by atoms with Crippen LogP contribution in [0.4, 0.5) is 0 Å². The highest BCUT2D eigenvalue weighted by Crippen LogP contribution is 2.33. The van der Waals surface area contributed by atoms with Crippen molar-refractivity contribution in [1.82, 2.24) is 4.90 Å². The van der Waals surface area contributed by atoms with Crippen molar-refractivity contribution in [2.75, 3.05) is 32.1 Å². The molecule has 0 radical (unpaired) electrons. The van der Waals surface area contributed by atoms with Gasteiger partial charge in [0.05, 0.1) is 6.26 Å². The maximum atomic E-state index is 5.48. The average molecular weight is 316 g/mol. The Morgan fingerprint density at radius 3 is 2.67 bits per heavy atom. The predicted molar refractivity (Wildman–Crippen MR) is 76.1 cm³/mol. The van der Waals surface area contributed by atoms with Gasteiger partial charge in [-0.25, -0.2) is 0 Å². The lowest BCUT2D eigenvalue weighted by molar-refractivity contribution is 0.0109. The molecule has 18 heavy (non-hydrogen) atoms. The molecule has 2 rings (SSSR count). The SMILES string of the molecule is Cc1occc1CN(C)CC1(CBr)CCOCC1. The van der Waals surface area contributed by atoms with Crippen LogP contribution >= 0.6 is 15.9 Å². The van der Waals surface area contributed by atoms with Crippen molar-refractivity contribution < 1.29 is 9.15 Å². The fourth-order valence-electron chi connectivity index (χ4n) is 2.63. The Kier molecular flexibility index (Phi) is 4.87. The molecule has 1 aromatic heterocycles. The molecule has 1 aromatic rings. The van der Waals surface area contributed by atoms with E-state index >= 15 is 0 Å². The minimum atomic E-state index is 0.366. The number of alkyl halides is 1. The van der Waals surface area contributed by atoms with E-state index in [0.29, 0.717) is 5.41 Å². The summed E-state index contributed by atoms with van der Waals surface area (Å²) < 4.78 is 10.8. The van der Waals surface area contributed by atoms with Gasteiger partial charge in [-0.3, -0.25) is 0 Å². The van der Waals surface area contributed by atoms with E-state index in [-0.39, 0.29) is 0 Å². The second-order valence-corrected chi connectivity index (χ2v) is 5.98. The number of rotatable bonds is 5. The lowest BCUT2D eigenvalue weighted by Crippen LogP contribution is -2.41. The van der Waals surface area contributed by atoms with E-state index in [2.05, 4.69) is 33.9 Å². The minimum absolute atomic E-state index is 0.366. The molecule has 0 N–H and O–H groups in total. The molecule has 1 fully saturated rings. The molecule has 1 aliphatic heterocycles. The number of halogens is 1. The first-order chi connectivity index (χ1) is 8.65. The van der Waals surface area contributed by atoms with Crippen molar-refractivity contribution >= 4 is 15.9 Å². The number of hydrogen-bond acceptors (Lipinski definition) is 3. The molecule has 0 unspecified atom stereocenters. The third-order valence-electron chi connectivity index (χ3n) is 3.85. The highest BCUT2D eigenvalue weighted by molar-refractivity contribution is 9.09. The van der Waals surface area contributed by atoms with Crippen LogP contribution in [0.1, 0.15) is 24.2 Å². The van der Waals surface area contributed by atoms with Crippen LogP contribution in [-0.4, -0.2) is 37.0 Å². The minimum Gasteiger partial charge on any atom is -0.469 e. The zero-order valence-electron chi connectivity index (χ0n) is 11.2. The van der Waals surface area contributed by atoms with Gasteiger partial charge in [0.2, 0.25) is 0 Å². The van der Waals surface area contributed by atoms with Gasteiger partial charge in [-0.05, 0) is 38.3 Å². The zero-order chi connectivity index (χ0) is 13.0. The molecule has 0 saturated carbocycles. The maximum absolute atomic E-state index is 5.48. The molecule has 0 aliphatic carbocycles. The van der Waals surface area contributed by atoms with Crippen LogP contribution in [0.15, 0.2) is 16.7 Å². The van der Waals surface area contributed by atoms with E-state index in [1.54, 1.807) is 6.26 Å². The molecular weight excluding hydrogens is 294 g/mol. The lowest BCUT2D eigenvalue weighted by Gasteiger charge is -2.38. The van der Waals surface area contributed by atoms with Crippen molar-refractivity contribution in [3.05, 3.63) is 23.7 Å². The molecule has 0 aromatic carbocycles. The summed E-state index contributed by atoms with van der Waals surface area (Å²) in [4.78, 5) is 2.39. The Morgan fingerprint density at radius 2 is 2.11 bits per heavy atom. The van der Waals surface area contributed by atoms with E-state index in [1.807, 2.05) is 6.92 Å². The van der Waals surface area contributed by atoms with Crippen LogP contribution in [-0.2, 0) is 11.3 Å². The van der Waals surface area contributed by atoms with Crippen LogP contribution < -0.4 is 0 Å². The second-order valence-electron chi connectivity index (χ2n) is 5.42. The summed E-state index contributed by atoms with van der Waals surface area (Å²) in [5.41, 5.74) is 1.65. The van der Waals surface area contributed by atoms with E-state index in [9.17, 15) is 0 Å². The number of furan rings is 1. The molecule has 1 saturated heterocycles. The first kappa shape index (κ1) is 14.1. The number of hydrogen-bond donors (Lipinski definition) is 0. The van der Waals surface area contributed by atoms with Crippen molar-refractivity contribution in [2.24, 2.45) is 5.41 Å². The first-order valence-corrected chi connectivity index (χ1v) is 7.63. The maximum Gasteiger partial charge on any atom is 0.105 e.